The Morgan fingerprint density at radius 1 is 1.50 bits per heavy atom. The Kier molecular flexibility index (Phi) is 2.15. The number of rotatable bonds is 0. The Labute approximate surface area is 83.7 Å². The highest BCUT2D eigenvalue weighted by Gasteiger charge is 2.29. The molecule has 1 aliphatic rings. The summed E-state index contributed by atoms with van der Waals surface area (Å²) in [5.74, 6) is 0. The van der Waals surface area contributed by atoms with Crippen LogP contribution in [0.5, 0.6) is 0 Å². The summed E-state index contributed by atoms with van der Waals surface area (Å²) in [6.45, 7) is 2.06. The topological polar surface area (TPSA) is 32.3 Å². The van der Waals surface area contributed by atoms with Gasteiger partial charge in [0.05, 0.1) is 0 Å². The maximum Gasteiger partial charge on any atom is 0.321 e. The van der Waals surface area contributed by atoms with E-state index in [2.05, 4.69) is 18.3 Å². The van der Waals surface area contributed by atoms with Crippen molar-refractivity contribution in [3.05, 3.63) is 29.8 Å². The number of para-hydroxylation sites is 1. The number of carbonyl (C=O) groups excluding carboxylic acids is 1. The van der Waals surface area contributed by atoms with Gasteiger partial charge in [-0.15, -0.1) is 0 Å². The fraction of sp³-hybridized carbons (Fsp3) is 0.364. The van der Waals surface area contributed by atoms with Crippen molar-refractivity contribution < 1.29 is 4.79 Å². The lowest BCUT2D eigenvalue weighted by Gasteiger charge is -2.21. The van der Waals surface area contributed by atoms with Gasteiger partial charge in [0, 0.05) is 18.8 Å². The van der Waals surface area contributed by atoms with E-state index in [0.29, 0.717) is 0 Å². The molecule has 1 unspecified atom stereocenters. The molecule has 1 aromatic rings. The number of nitrogens with one attached hydrogen (secondary N) is 1. The average Bonchev–Trinajstić information content (AvgIpc) is 2.53. The highest BCUT2D eigenvalue weighted by molar-refractivity contribution is 5.94. The van der Waals surface area contributed by atoms with Gasteiger partial charge in [-0.25, -0.2) is 4.79 Å². The summed E-state index contributed by atoms with van der Waals surface area (Å²) in [5.41, 5.74) is 2.29. The Morgan fingerprint density at radius 3 is 2.93 bits per heavy atom. The zero-order valence-corrected chi connectivity index (χ0v) is 8.45. The molecule has 0 fully saturated rings. The third-order valence-electron chi connectivity index (χ3n) is 2.64. The summed E-state index contributed by atoms with van der Waals surface area (Å²) in [6, 6.07) is 8.28. The van der Waals surface area contributed by atoms with E-state index in [1.807, 2.05) is 23.1 Å². The monoisotopic (exact) mass is 190 g/mol. The van der Waals surface area contributed by atoms with Gasteiger partial charge < -0.3 is 5.32 Å². The standard InChI is InChI=1S/C11H14N2O/c1-8-7-9-5-3-4-6-10(9)13(8)11(14)12-2/h3-6,8H,7H2,1-2H3,(H,12,14). The molecule has 0 saturated carbocycles. The van der Waals surface area contributed by atoms with Crippen molar-refractivity contribution >= 4 is 11.7 Å². The lowest BCUT2D eigenvalue weighted by Crippen LogP contribution is -2.41. The zero-order valence-electron chi connectivity index (χ0n) is 8.45. The van der Waals surface area contributed by atoms with E-state index >= 15 is 0 Å². The summed E-state index contributed by atoms with van der Waals surface area (Å²) in [4.78, 5) is 13.4. The number of anilines is 1. The van der Waals surface area contributed by atoms with E-state index in [1.54, 1.807) is 7.05 Å². The largest absolute Gasteiger partial charge is 0.341 e. The van der Waals surface area contributed by atoms with Gasteiger partial charge >= 0.3 is 6.03 Å². The number of hydrogen-bond donors (Lipinski definition) is 1. The lowest BCUT2D eigenvalue weighted by molar-refractivity contribution is 0.247. The summed E-state index contributed by atoms with van der Waals surface area (Å²) >= 11 is 0. The highest BCUT2D eigenvalue weighted by Crippen LogP contribution is 2.31. The van der Waals surface area contributed by atoms with Crippen molar-refractivity contribution in [1.29, 1.82) is 0 Å². The SMILES string of the molecule is CNC(=O)N1c2ccccc2CC1C. The molecule has 2 rings (SSSR count). The third kappa shape index (κ3) is 1.25. The van der Waals surface area contributed by atoms with Gasteiger partial charge in [0.15, 0.2) is 0 Å². The van der Waals surface area contributed by atoms with Crippen LogP contribution in [-0.4, -0.2) is 19.1 Å². The molecular formula is C11H14N2O. The normalized spacial score (nSPS) is 19.3. The molecule has 74 valence electrons. The molecule has 2 amide bonds. The molecule has 0 saturated heterocycles. The number of amides is 2. The molecule has 0 aliphatic carbocycles. The van der Waals surface area contributed by atoms with E-state index in [1.165, 1.54) is 5.56 Å². The van der Waals surface area contributed by atoms with Gasteiger partial charge in [-0.3, -0.25) is 4.90 Å². The molecule has 3 nitrogen and oxygen atoms in total. The van der Waals surface area contributed by atoms with Crippen LogP contribution in [-0.2, 0) is 6.42 Å². The van der Waals surface area contributed by atoms with Crippen molar-refractivity contribution in [2.45, 2.75) is 19.4 Å². The van der Waals surface area contributed by atoms with E-state index in [0.717, 1.165) is 12.1 Å². The number of carbonyl (C=O) groups is 1. The number of hydrogen-bond acceptors (Lipinski definition) is 1. The predicted molar refractivity (Wildman–Crippen MR) is 56.5 cm³/mol. The van der Waals surface area contributed by atoms with Crippen LogP contribution in [0.2, 0.25) is 0 Å². The molecule has 14 heavy (non-hydrogen) atoms. The maximum absolute atomic E-state index is 11.6. The van der Waals surface area contributed by atoms with Gasteiger partial charge in [-0.05, 0) is 25.0 Å². The summed E-state index contributed by atoms with van der Waals surface area (Å²) in [5, 5.41) is 2.67. The third-order valence-corrected chi connectivity index (χ3v) is 2.64. The minimum atomic E-state index is -0.0255. The molecule has 1 aliphatic heterocycles. The Bertz CT molecular complexity index is 362. The van der Waals surface area contributed by atoms with Gasteiger partial charge in [0.25, 0.3) is 0 Å². The first-order valence-electron chi connectivity index (χ1n) is 4.83. The van der Waals surface area contributed by atoms with E-state index < -0.39 is 0 Å². The minimum absolute atomic E-state index is 0.0255. The second-order valence-electron chi connectivity index (χ2n) is 3.61. The minimum Gasteiger partial charge on any atom is -0.341 e. The quantitative estimate of drug-likeness (QED) is 0.664. The smallest absolute Gasteiger partial charge is 0.321 e. The Morgan fingerprint density at radius 2 is 2.21 bits per heavy atom. The first-order valence-corrected chi connectivity index (χ1v) is 4.83. The number of urea groups is 1. The van der Waals surface area contributed by atoms with Crippen molar-refractivity contribution in [2.75, 3.05) is 11.9 Å². The van der Waals surface area contributed by atoms with E-state index in [4.69, 9.17) is 0 Å². The van der Waals surface area contributed by atoms with Crippen molar-refractivity contribution in [3.63, 3.8) is 0 Å². The highest BCUT2D eigenvalue weighted by atomic mass is 16.2. The summed E-state index contributed by atoms with van der Waals surface area (Å²) in [6.07, 6.45) is 0.948. The van der Waals surface area contributed by atoms with Crippen LogP contribution >= 0.6 is 0 Å². The number of fused-ring (bicyclic) bond motifs is 1. The fourth-order valence-electron chi connectivity index (χ4n) is 2.00. The second kappa shape index (κ2) is 3.33. The molecular weight excluding hydrogens is 176 g/mol. The van der Waals surface area contributed by atoms with Crippen LogP contribution in [0.3, 0.4) is 0 Å². The van der Waals surface area contributed by atoms with Crippen molar-refractivity contribution in [1.82, 2.24) is 5.32 Å². The summed E-state index contributed by atoms with van der Waals surface area (Å²) < 4.78 is 0. The van der Waals surface area contributed by atoms with Gasteiger partial charge in [0.1, 0.15) is 0 Å². The molecule has 1 atom stereocenters. The first-order chi connectivity index (χ1) is 6.74. The van der Waals surface area contributed by atoms with E-state index in [-0.39, 0.29) is 12.1 Å². The molecule has 1 aromatic carbocycles. The molecule has 0 bridgehead atoms. The van der Waals surface area contributed by atoms with Gasteiger partial charge in [-0.2, -0.15) is 0 Å². The second-order valence-corrected chi connectivity index (χ2v) is 3.61. The molecule has 0 radical (unpaired) electrons. The lowest BCUT2D eigenvalue weighted by atomic mass is 10.1. The summed E-state index contributed by atoms with van der Waals surface area (Å²) in [7, 11) is 1.66. The van der Waals surface area contributed by atoms with Crippen molar-refractivity contribution in [2.24, 2.45) is 0 Å². The average molecular weight is 190 g/mol. The van der Waals surface area contributed by atoms with Gasteiger partial charge in [-0.1, -0.05) is 18.2 Å². The molecule has 0 aromatic heterocycles. The first kappa shape index (κ1) is 9.06. The van der Waals surface area contributed by atoms with Crippen LogP contribution in [0.15, 0.2) is 24.3 Å². The number of benzene rings is 1. The van der Waals surface area contributed by atoms with Crippen LogP contribution in [0.25, 0.3) is 0 Å². The molecule has 1 heterocycles. The van der Waals surface area contributed by atoms with Crippen LogP contribution in [0, 0.1) is 0 Å². The fourth-order valence-corrected chi connectivity index (χ4v) is 2.00. The molecule has 0 spiro atoms. The molecule has 3 heteroatoms. The van der Waals surface area contributed by atoms with Crippen molar-refractivity contribution in [3.8, 4) is 0 Å². The zero-order chi connectivity index (χ0) is 10.1. The van der Waals surface area contributed by atoms with Crippen LogP contribution in [0.4, 0.5) is 10.5 Å². The van der Waals surface area contributed by atoms with Gasteiger partial charge in [0.2, 0.25) is 0 Å². The Balaban J connectivity index is 2.39. The van der Waals surface area contributed by atoms with E-state index in [9.17, 15) is 4.79 Å². The Hall–Kier alpha value is -1.51. The van der Waals surface area contributed by atoms with Crippen LogP contribution in [0.1, 0.15) is 12.5 Å². The molecule has 1 N–H and O–H groups in total. The predicted octanol–water partition coefficient (Wildman–Crippen LogP) is 1.78. The maximum atomic E-state index is 11.6. The number of nitrogens with zero attached hydrogens (tertiary/aromatic N) is 1. The van der Waals surface area contributed by atoms with Crippen LogP contribution < -0.4 is 10.2 Å².